The number of benzene rings is 1. The Labute approximate surface area is 81.4 Å². The third kappa shape index (κ3) is 0.973. The van der Waals surface area contributed by atoms with Crippen LogP contribution in [0.3, 0.4) is 0 Å². The van der Waals surface area contributed by atoms with Crippen LogP contribution in [0.2, 0.25) is 0 Å². The summed E-state index contributed by atoms with van der Waals surface area (Å²) in [4.78, 5) is 0. The normalized spacial score (nSPS) is 10.9. The zero-order valence-electron chi connectivity index (χ0n) is 7.64. The first kappa shape index (κ1) is 7.44. The summed E-state index contributed by atoms with van der Waals surface area (Å²) in [5.74, 6) is 0. The zero-order chi connectivity index (χ0) is 9.38. The maximum atomic E-state index is 3.19. The Hall–Kier alpha value is -1.96. The van der Waals surface area contributed by atoms with Crippen LogP contribution in [0.15, 0.2) is 54.9 Å². The Bertz CT molecular complexity index is 602. The summed E-state index contributed by atoms with van der Waals surface area (Å²) in [7, 11) is 0. The molecule has 1 N–H and O–H groups in total. The van der Waals surface area contributed by atoms with Gasteiger partial charge in [0.1, 0.15) is 0 Å². The Morgan fingerprint density at radius 2 is 1.64 bits per heavy atom. The number of hydrogen-bond acceptors (Lipinski definition) is 0. The fraction of sp³-hybridized carbons (Fsp3) is 0. The van der Waals surface area contributed by atoms with E-state index in [4.69, 9.17) is 0 Å². The highest BCUT2D eigenvalue weighted by Crippen LogP contribution is 2.18. The number of nitrogens with zero attached hydrogens (tertiary/aromatic N) is 1. The van der Waals surface area contributed by atoms with E-state index in [2.05, 4.69) is 35.4 Å². The molecule has 2 aromatic heterocycles. The molecule has 14 heavy (non-hydrogen) atoms. The van der Waals surface area contributed by atoms with E-state index in [-0.39, 0.29) is 0 Å². The minimum Gasteiger partial charge on any atom is -0.302 e. The SMILES string of the molecule is c1ccc2cccc3ccn([nH]c1)c23. The second-order valence-electron chi connectivity index (χ2n) is 3.32. The quantitative estimate of drug-likeness (QED) is 0.551. The number of para-hydroxylation sites is 1. The third-order valence-corrected chi connectivity index (χ3v) is 2.44. The Morgan fingerprint density at radius 1 is 0.857 bits per heavy atom. The van der Waals surface area contributed by atoms with Crippen LogP contribution in [-0.4, -0.2) is 9.61 Å². The van der Waals surface area contributed by atoms with Gasteiger partial charge in [-0.25, -0.2) is 0 Å². The number of aromatic amines is 1. The minimum absolute atomic E-state index is 1.23. The number of rotatable bonds is 0. The van der Waals surface area contributed by atoms with Gasteiger partial charge in [-0.1, -0.05) is 30.3 Å². The third-order valence-electron chi connectivity index (χ3n) is 2.44. The van der Waals surface area contributed by atoms with Crippen LogP contribution in [0.1, 0.15) is 0 Å². The first-order valence-corrected chi connectivity index (χ1v) is 4.65. The first-order chi connectivity index (χ1) is 6.95. The fourth-order valence-corrected chi connectivity index (χ4v) is 1.80. The van der Waals surface area contributed by atoms with Crippen molar-refractivity contribution in [1.29, 1.82) is 0 Å². The molecule has 0 saturated carbocycles. The van der Waals surface area contributed by atoms with E-state index in [0.29, 0.717) is 0 Å². The van der Waals surface area contributed by atoms with E-state index in [0.717, 1.165) is 0 Å². The Morgan fingerprint density at radius 3 is 2.57 bits per heavy atom. The van der Waals surface area contributed by atoms with Crippen molar-refractivity contribution in [3.63, 3.8) is 0 Å². The lowest BCUT2D eigenvalue weighted by Crippen LogP contribution is -1.85. The summed E-state index contributed by atoms with van der Waals surface area (Å²) in [6.07, 6.45) is 3.96. The van der Waals surface area contributed by atoms with E-state index < -0.39 is 0 Å². The standard InChI is InChI=1S/C12H10N2/c1-2-8-13-14-9-7-11-6-3-5-10(4-1)12(11)14/h1-9,13H. The highest BCUT2D eigenvalue weighted by Gasteiger charge is 1.98. The van der Waals surface area contributed by atoms with Crippen LogP contribution in [0.4, 0.5) is 0 Å². The molecular weight excluding hydrogens is 172 g/mol. The van der Waals surface area contributed by atoms with Crippen molar-refractivity contribution in [2.45, 2.75) is 0 Å². The Kier molecular flexibility index (Phi) is 1.47. The average molecular weight is 182 g/mol. The van der Waals surface area contributed by atoms with Crippen molar-refractivity contribution in [3.8, 4) is 0 Å². The van der Waals surface area contributed by atoms with E-state index in [1.54, 1.807) is 0 Å². The molecule has 3 rings (SSSR count). The highest BCUT2D eigenvalue weighted by atomic mass is 15.2. The van der Waals surface area contributed by atoms with Crippen molar-refractivity contribution < 1.29 is 0 Å². The molecule has 2 heterocycles. The van der Waals surface area contributed by atoms with Crippen LogP contribution < -0.4 is 0 Å². The zero-order valence-corrected chi connectivity index (χ0v) is 7.64. The molecule has 68 valence electrons. The van der Waals surface area contributed by atoms with Crippen molar-refractivity contribution >= 4 is 16.3 Å². The molecule has 3 aromatic rings. The van der Waals surface area contributed by atoms with Gasteiger partial charge in [0, 0.05) is 23.2 Å². The second kappa shape index (κ2) is 2.77. The maximum Gasteiger partial charge on any atom is 0.0768 e. The number of H-pyrrole nitrogens is 1. The summed E-state index contributed by atoms with van der Waals surface area (Å²) in [6, 6.07) is 14.6. The van der Waals surface area contributed by atoms with Crippen LogP contribution in [0, 0.1) is 0 Å². The molecule has 0 radical (unpaired) electrons. The smallest absolute Gasteiger partial charge is 0.0768 e. The molecule has 0 saturated heterocycles. The van der Waals surface area contributed by atoms with E-state index in [1.165, 1.54) is 16.3 Å². The molecule has 2 nitrogen and oxygen atoms in total. The second-order valence-corrected chi connectivity index (χ2v) is 3.32. The maximum absolute atomic E-state index is 3.19. The van der Waals surface area contributed by atoms with Gasteiger partial charge in [-0.3, -0.25) is 4.52 Å². The predicted molar refractivity (Wildman–Crippen MR) is 58.1 cm³/mol. The molecule has 0 spiro atoms. The summed E-state index contributed by atoms with van der Waals surface area (Å²) < 4.78 is 2.03. The van der Waals surface area contributed by atoms with Crippen LogP contribution in [0.5, 0.6) is 0 Å². The first-order valence-electron chi connectivity index (χ1n) is 4.65. The van der Waals surface area contributed by atoms with E-state index in [9.17, 15) is 0 Å². The molecule has 0 amide bonds. The minimum atomic E-state index is 1.23. The van der Waals surface area contributed by atoms with Gasteiger partial charge >= 0.3 is 0 Å². The van der Waals surface area contributed by atoms with Crippen molar-refractivity contribution in [2.75, 3.05) is 0 Å². The van der Waals surface area contributed by atoms with E-state index >= 15 is 0 Å². The van der Waals surface area contributed by atoms with Gasteiger partial charge in [0.05, 0.1) is 5.52 Å². The van der Waals surface area contributed by atoms with Crippen LogP contribution in [0.25, 0.3) is 16.3 Å². The molecule has 0 unspecified atom stereocenters. The lowest BCUT2D eigenvalue weighted by Gasteiger charge is -1.96. The van der Waals surface area contributed by atoms with Gasteiger partial charge < -0.3 is 5.10 Å². The molecule has 0 fully saturated rings. The average Bonchev–Trinajstić information content (AvgIpc) is 2.57. The molecular formula is C12H10N2. The molecule has 0 aliphatic rings. The predicted octanol–water partition coefficient (Wildman–Crippen LogP) is 2.98. The van der Waals surface area contributed by atoms with Gasteiger partial charge in [-0.2, -0.15) is 0 Å². The number of aromatic nitrogens is 2. The molecule has 0 aliphatic heterocycles. The molecule has 1 aromatic carbocycles. The lowest BCUT2D eigenvalue weighted by molar-refractivity contribution is 0.953. The van der Waals surface area contributed by atoms with Gasteiger partial charge in [-0.05, 0) is 12.1 Å². The van der Waals surface area contributed by atoms with Gasteiger partial charge in [-0.15, -0.1) is 0 Å². The van der Waals surface area contributed by atoms with Crippen LogP contribution in [-0.2, 0) is 0 Å². The molecule has 0 bridgehead atoms. The molecule has 0 atom stereocenters. The summed E-state index contributed by atoms with van der Waals surface area (Å²) in [6.45, 7) is 0. The van der Waals surface area contributed by atoms with Crippen LogP contribution >= 0.6 is 0 Å². The van der Waals surface area contributed by atoms with Gasteiger partial charge in [0.2, 0.25) is 0 Å². The van der Waals surface area contributed by atoms with Crippen molar-refractivity contribution in [2.24, 2.45) is 0 Å². The molecule has 2 heteroatoms. The van der Waals surface area contributed by atoms with E-state index in [1.807, 2.05) is 29.0 Å². The molecule has 0 aliphatic carbocycles. The topological polar surface area (TPSA) is 20.2 Å². The van der Waals surface area contributed by atoms with Gasteiger partial charge in [0.15, 0.2) is 0 Å². The highest BCUT2D eigenvalue weighted by molar-refractivity contribution is 5.95. The number of nitrogens with one attached hydrogen (secondary N) is 1. The largest absolute Gasteiger partial charge is 0.302 e. The van der Waals surface area contributed by atoms with Crippen molar-refractivity contribution in [1.82, 2.24) is 9.61 Å². The summed E-state index contributed by atoms with van der Waals surface area (Å²) in [5, 5.41) is 5.69. The summed E-state index contributed by atoms with van der Waals surface area (Å²) >= 11 is 0. The monoisotopic (exact) mass is 182 g/mol. The van der Waals surface area contributed by atoms with Crippen molar-refractivity contribution in [3.05, 3.63) is 54.9 Å². The number of hydrogen-bond donors (Lipinski definition) is 1. The van der Waals surface area contributed by atoms with Gasteiger partial charge in [0.25, 0.3) is 0 Å². The Balaban J connectivity index is 2.68. The lowest BCUT2D eigenvalue weighted by atomic mass is 10.2. The summed E-state index contributed by atoms with van der Waals surface area (Å²) in [5.41, 5.74) is 1.23. The fourth-order valence-electron chi connectivity index (χ4n) is 1.80.